The maximum atomic E-state index is 12.2. The highest BCUT2D eigenvalue weighted by molar-refractivity contribution is 5.72. The fourth-order valence-corrected chi connectivity index (χ4v) is 2.76. The van der Waals surface area contributed by atoms with Crippen molar-refractivity contribution in [2.24, 2.45) is 5.92 Å². The second kappa shape index (κ2) is 8.60. The molecule has 0 spiro atoms. The van der Waals surface area contributed by atoms with Crippen LogP contribution in [-0.4, -0.2) is 47.2 Å². The summed E-state index contributed by atoms with van der Waals surface area (Å²) in [5.74, 6) is -0.412. The van der Waals surface area contributed by atoms with E-state index in [0.717, 1.165) is 25.7 Å². The molecule has 118 valence electrons. The molecule has 0 aliphatic carbocycles. The Balaban J connectivity index is 2.65. The predicted molar refractivity (Wildman–Crippen MR) is 75.2 cm³/mol. The molecule has 0 bridgehead atoms. The van der Waals surface area contributed by atoms with Gasteiger partial charge in [0.05, 0.1) is 24.7 Å². The number of ether oxygens (including phenoxy) is 2. The van der Waals surface area contributed by atoms with Crippen molar-refractivity contribution in [3.05, 3.63) is 0 Å². The molecule has 0 amide bonds. The van der Waals surface area contributed by atoms with Crippen LogP contribution in [0.4, 0.5) is 0 Å². The first kappa shape index (κ1) is 17.4. The van der Waals surface area contributed by atoms with E-state index in [1.165, 1.54) is 0 Å². The lowest BCUT2D eigenvalue weighted by atomic mass is 9.96. The average molecular weight is 288 g/mol. The molecule has 5 nitrogen and oxygen atoms in total. The quantitative estimate of drug-likeness (QED) is 0.697. The first-order valence-electron chi connectivity index (χ1n) is 7.68. The molecule has 1 rings (SSSR count). The van der Waals surface area contributed by atoms with Gasteiger partial charge in [0, 0.05) is 6.42 Å². The topological polar surface area (TPSA) is 76.0 Å². The van der Waals surface area contributed by atoms with Crippen molar-refractivity contribution in [3.63, 3.8) is 0 Å². The van der Waals surface area contributed by atoms with Gasteiger partial charge >= 0.3 is 5.97 Å². The second-order valence-corrected chi connectivity index (χ2v) is 5.65. The number of aliphatic hydroxyl groups is 2. The van der Waals surface area contributed by atoms with Crippen molar-refractivity contribution in [2.45, 2.75) is 77.3 Å². The average Bonchev–Trinajstić information content (AvgIpc) is 2.41. The Labute approximate surface area is 121 Å². The summed E-state index contributed by atoms with van der Waals surface area (Å²) in [6.45, 7) is 5.64. The van der Waals surface area contributed by atoms with Gasteiger partial charge in [0.25, 0.3) is 0 Å². The van der Waals surface area contributed by atoms with Crippen LogP contribution in [0.25, 0.3) is 0 Å². The largest absolute Gasteiger partial charge is 0.457 e. The van der Waals surface area contributed by atoms with Crippen LogP contribution in [0.2, 0.25) is 0 Å². The lowest BCUT2D eigenvalue weighted by Gasteiger charge is -2.37. The molecular weight excluding hydrogens is 260 g/mol. The number of aliphatic hydroxyl groups excluding tert-OH is 2. The van der Waals surface area contributed by atoms with Crippen molar-refractivity contribution in [2.75, 3.05) is 6.61 Å². The van der Waals surface area contributed by atoms with Gasteiger partial charge in [-0.1, -0.05) is 26.7 Å². The molecule has 1 aliphatic rings. The summed E-state index contributed by atoms with van der Waals surface area (Å²) in [5.41, 5.74) is 0. The molecule has 5 heteroatoms. The fraction of sp³-hybridized carbons (Fsp3) is 0.933. The Bertz CT molecular complexity index is 288. The molecule has 1 fully saturated rings. The Morgan fingerprint density at radius 2 is 1.95 bits per heavy atom. The molecule has 0 radical (unpaired) electrons. The van der Waals surface area contributed by atoms with Crippen LogP contribution < -0.4 is 0 Å². The molecule has 4 unspecified atom stereocenters. The van der Waals surface area contributed by atoms with Crippen molar-refractivity contribution < 1.29 is 24.5 Å². The van der Waals surface area contributed by atoms with E-state index in [2.05, 4.69) is 0 Å². The van der Waals surface area contributed by atoms with Crippen LogP contribution in [0.5, 0.6) is 0 Å². The van der Waals surface area contributed by atoms with E-state index in [4.69, 9.17) is 9.47 Å². The van der Waals surface area contributed by atoms with E-state index in [-0.39, 0.29) is 24.6 Å². The van der Waals surface area contributed by atoms with Crippen LogP contribution in [-0.2, 0) is 14.3 Å². The first-order chi connectivity index (χ1) is 9.53. The minimum atomic E-state index is -0.774. The number of rotatable bonds is 7. The van der Waals surface area contributed by atoms with Crippen LogP contribution >= 0.6 is 0 Å². The van der Waals surface area contributed by atoms with Crippen molar-refractivity contribution in [1.82, 2.24) is 0 Å². The number of hydrogen-bond donors (Lipinski definition) is 2. The number of carbonyl (C=O) groups is 1. The van der Waals surface area contributed by atoms with E-state index in [1.807, 2.05) is 20.8 Å². The minimum absolute atomic E-state index is 0.129. The highest BCUT2D eigenvalue weighted by Gasteiger charge is 2.39. The zero-order valence-electron chi connectivity index (χ0n) is 12.7. The van der Waals surface area contributed by atoms with Gasteiger partial charge in [0.1, 0.15) is 6.10 Å². The van der Waals surface area contributed by atoms with E-state index in [9.17, 15) is 15.0 Å². The SMILES string of the molecule is CCCC(CCC)C(=O)OC1C(O)CC(C)OC1CO. The third kappa shape index (κ3) is 4.72. The summed E-state index contributed by atoms with van der Waals surface area (Å²) in [6, 6.07) is 0. The Morgan fingerprint density at radius 3 is 2.45 bits per heavy atom. The molecule has 2 N–H and O–H groups in total. The molecular formula is C15H28O5. The van der Waals surface area contributed by atoms with Crippen LogP contribution in [0.1, 0.15) is 52.9 Å². The summed E-state index contributed by atoms with van der Waals surface area (Å²) in [6.07, 6.45) is 1.52. The van der Waals surface area contributed by atoms with E-state index in [1.54, 1.807) is 0 Å². The van der Waals surface area contributed by atoms with Crippen LogP contribution in [0.15, 0.2) is 0 Å². The third-order valence-electron chi connectivity index (χ3n) is 3.77. The minimum Gasteiger partial charge on any atom is -0.457 e. The Kier molecular flexibility index (Phi) is 7.48. The maximum absolute atomic E-state index is 12.2. The van der Waals surface area contributed by atoms with Crippen molar-refractivity contribution in [3.8, 4) is 0 Å². The molecule has 1 aliphatic heterocycles. The van der Waals surface area contributed by atoms with Crippen LogP contribution in [0, 0.1) is 5.92 Å². The Morgan fingerprint density at radius 1 is 1.35 bits per heavy atom. The lowest BCUT2D eigenvalue weighted by Crippen LogP contribution is -2.51. The molecule has 1 saturated heterocycles. The first-order valence-corrected chi connectivity index (χ1v) is 7.68. The van der Waals surface area contributed by atoms with Gasteiger partial charge < -0.3 is 19.7 Å². The van der Waals surface area contributed by atoms with Gasteiger partial charge in [-0.2, -0.15) is 0 Å². The molecule has 0 aromatic rings. The van der Waals surface area contributed by atoms with Crippen molar-refractivity contribution >= 4 is 5.97 Å². The standard InChI is InChI=1S/C15H28O5/c1-4-6-11(7-5-2)15(18)20-14-12(17)8-10(3)19-13(14)9-16/h10-14,16-17H,4-9H2,1-3H3. The van der Waals surface area contributed by atoms with Gasteiger partial charge in [-0.15, -0.1) is 0 Å². The van der Waals surface area contributed by atoms with E-state index >= 15 is 0 Å². The normalized spacial score (nSPS) is 30.5. The molecule has 4 atom stereocenters. The summed E-state index contributed by atoms with van der Waals surface area (Å²) in [4.78, 5) is 12.2. The highest BCUT2D eigenvalue weighted by atomic mass is 16.6. The number of esters is 1. The van der Waals surface area contributed by atoms with Gasteiger partial charge in [-0.05, 0) is 19.8 Å². The van der Waals surface area contributed by atoms with E-state index in [0.29, 0.717) is 6.42 Å². The smallest absolute Gasteiger partial charge is 0.309 e. The summed E-state index contributed by atoms with van der Waals surface area (Å²) >= 11 is 0. The zero-order chi connectivity index (χ0) is 15.1. The van der Waals surface area contributed by atoms with Gasteiger partial charge in [0.2, 0.25) is 0 Å². The Hall–Kier alpha value is -0.650. The van der Waals surface area contributed by atoms with E-state index < -0.39 is 18.3 Å². The molecule has 0 aromatic carbocycles. The van der Waals surface area contributed by atoms with Gasteiger partial charge in [-0.3, -0.25) is 4.79 Å². The summed E-state index contributed by atoms with van der Waals surface area (Å²) < 4.78 is 11.0. The molecule has 0 saturated carbocycles. The van der Waals surface area contributed by atoms with Gasteiger partial charge in [-0.25, -0.2) is 0 Å². The lowest BCUT2D eigenvalue weighted by molar-refractivity contribution is -0.204. The second-order valence-electron chi connectivity index (χ2n) is 5.65. The van der Waals surface area contributed by atoms with Crippen molar-refractivity contribution in [1.29, 1.82) is 0 Å². The zero-order valence-corrected chi connectivity index (χ0v) is 12.7. The number of hydrogen-bond acceptors (Lipinski definition) is 5. The maximum Gasteiger partial charge on any atom is 0.309 e. The predicted octanol–water partition coefficient (Wildman–Crippen LogP) is 1.65. The number of carbonyl (C=O) groups excluding carboxylic acids is 1. The van der Waals surface area contributed by atoms with Gasteiger partial charge in [0.15, 0.2) is 6.10 Å². The molecule has 20 heavy (non-hydrogen) atoms. The third-order valence-corrected chi connectivity index (χ3v) is 3.77. The highest BCUT2D eigenvalue weighted by Crippen LogP contribution is 2.25. The van der Waals surface area contributed by atoms with Crippen LogP contribution in [0.3, 0.4) is 0 Å². The summed E-state index contributed by atoms with van der Waals surface area (Å²) in [5, 5.41) is 19.4. The fourth-order valence-electron chi connectivity index (χ4n) is 2.76. The molecule has 0 aromatic heterocycles. The monoisotopic (exact) mass is 288 g/mol. The molecule has 1 heterocycles. The summed E-state index contributed by atoms with van der Waals surface area (Å²) in [7, 11) is 0.